The first-order valence-electron chi connectivity index (χ1n) is 14.8. The minimum atomic E-state index is -1.70. The highest BCUT2D eigenvalue weighted by atomic mass is 28.4. The zero-order valence-corrected chi connectivity index (χ0v) is 25.8. The average Bonchev–Trinajstić information content (AvgIpc) is 3.58. The Morgan fingerprint density at radius 1 is 0.583 bits per heavy atom. The van der Waals surface area contributed by atoms with Gasteiger partial charge in [-0.25, -0.2) is 0 Å². The summed E-state index contributed by atoms with van der Waals surface area (Å²) >= 11 is 0. The van der Waals surface area contributed by atoms with E-state index in [0.29, 0.717) is 13.2 Å². The normalized spacial score (nSPS) is 15.4. The van der Waals surface area contributed by atoms with Gasteiger partial charge < -0.3 is 8.85 Å². The van der Waals surface area contributed by atoms with Gasteiger partial charge in [0.2, 0.25) is 0 Å². The molecule has 2 heterocycles. The third-order valence-electron chi connectivity index (χ3n) is 9.42. The summed E-state index contributed by atoms with van der Waals surface area (Å²) in [4.78, 5) is 10.6. The Morgan fingerprint density at radius 2 is 0.944 bits per heavy atom. The Balaban J connectivity index is 1.77. The van der Waals surface area contributed by atoms with Gasteiger partial charge in [-0.15, -0.1) is 0 Å². The summed E-state index contributed by atoms with van der Waals surface area (Å²) in [5, 5.41) is 0. The van der Waals surface area contributed by atoms with Crippen LogP contribution in [0.4, 0.5) is 0 Å². The number of pyridine rings is 2. The largest absolute Gasteiger partial charge is 0.412 e. The van der Waals surface area contributed by atoms with E-state index in [1.54, 1.807) is 0 Å². The highest BCUT2D eigenvalue weighted by Gasteiger charge is 2.32. The smallest absolute Gasteiger partial charge is 0.192 e. The van der Waals surface area contributed by atoms with Crippen molar-refractivity contribution >= 4 is 16.6 Å². The molecule has 2 aliphatic carbocycles. The molecule has 0 aromatic carbocycles. The summed E-state index contributed by atoms with van der Waals surface area (Å²) < 4.78 is 13.7. The average molecular weight is 525 g/mol. The van der Waals surface area contributed by atoms with Crippen LogP contribution in [-0.4, -0.2) is 26.6 Å². The molecule has 0 spiro atoms. The number of rotatable bonds is 13. The molecule has 0 amide bonds. The quantitative estimate of drug-likeness (QED) is 0.248. The van der Waals surface area contributed by atoms with Gasteiger partial charge in [-0.3, -0.25) is 9.97 Å². The summed E-state index contributed by atoms with van der Waals surface area (Å²) in [6.45, 7) is 15.2. The molecule has 2 aliphatic rings. The van der Waals surface area contributed by atoms with Gasteiger partial charge in [0.25, 0.3) is 0 Å². The van der Waals surface area contributed by atoms with Crippen LogP contribution in [0.3, 0.4) is 0 Å². The van der Waals surface area contributed by atoms with Crippen molar-refractivity contribution < 1.29 is 8.85 Å². The van der Waals surface area contributed by atoms with Gasteiger partial charge in [0.1, 0.15) is 0 Å². The number of fused-ring (bicyclic) bond motifs is 2. The van der Waals surface area contributed by atoms with E-state index < -0.39 is 16.6 Å². The molecule has 2 aromatic heterocycles. The number of hydrogen-bond donors (Lipinski definition) is 0. The van der Waals surface area contributed by atoms with Crippen LogP contribution in [0.1, 0.15) is 88.0 Å². The maximum absolute atomic E-state index is 6.83. The highest BCUT2D eigenvalue weighted by Crippen LogP contribution is 2.35. The van der Waals surface area contributed by atoms with Crippen molar-refractivity contribution in [3.8, 4) is 11.4 Å². The summed E-state index contributed by atoms with van der Waals surface area (Å²) in [7, 11) is -3.40. The van der Waals surface area contributed by atoms with E-state index in [0.717, 1.165) is 37.1 Å². The van der Waals surface area contributed by atoms with Crippen molar-refractivity contribution in [3.63, 3.8) is 0 Å². The molecular formula is C30H48N2O2Si2. The van der Waals surface area contributed by atoms with Crippen LogP contribution in [-0.2, 0) is 47.7 Å². The number of hydrogen-bond acceptors (Lipinski definition) is 4. The van der Waals surface area contributed by atoms with Gasteiger partial charge in [-0.2, -0.15) is 0 Å². The van der Waals surface area contributed by atoms with Gasteiger partial charge in [0.05, 0.1) is 24.6 Å². The van der Waals surface area contributed by atoms with Crippen molar-refractivity contribution in [1.29, 1.82) is 0 Å². The van der Waals surface area contributed by atoms with Crippen molar-refractivity contribution in [1.82, 2.24) is 9.97 Å². The van der Waals surface area contributed by atoms with E-state index in [-0.39, 0.29) is 0 Å². The lowest BCUT2D eigenvalue weighted by Gasteiger charge is -2.29. The van der Waals surface area contributed by atoms with E-state index in [2.05, 4.69) is 53.7 Å². The van der Waals surface area contributed by atoms with Crippen LogP contribution < -0.4 is 0 Å². The first kappa shape index (κ1) is 27.7. The zero-order valence-electron chi connectivity index (χ0n) is 23.8. The molecule has 0 radical (unpaired) electrons. The third-order valence-corrected chi connectivity index (χ3v) is 18.7. The maximum atomic E-state index is 6.83. The minimum absolute atomic E-state index is 0.661. The second kappa shape index (κ2) is 12.0. The van der Waals surface area contributed by atoms with E-state index in [4.69, 9.17) is 18.8 Å². The molecule has 0 aliphatic heterocycles. The Bertz CT molecular complexity index is 948. The van der Waals surface area contributed by atoms with Gasteiger partial charge in [0, 0.05) is 22.5 Å². The summed E-state index contributed by atoms with van der Waals surface area (Å²) in [6.07, 6.45) is 6.84. The molecular weight excluding hydrogens is 477 g/mol. The number of nitrogens with zero attached hydrogens (tertiary/aromatic N) is 2. The molecule has 0 fully saturated rings. The van der Waals surface area contributed by atoms with E-state index >= 15 is 0 Å². The summed E-state index contributed by atoms with van der Waals surface area (Å²) in [6, 6.07) is 11.8. The van der Waals surface area contributed by atoms with E-state index in [1.807, 2.05) is 0 Å². The minimum Gasteiger partial charge on any atom is -0.412 e. The van der Waals surface area contributed by atoms with Crippen molar-refractivity contribution in [2.75, 3.05) is 0 Å². The maximum Gasteiger partial charge on any atom is 0.192 e. The lowest BCUT2D eigenvalue weighted by Crippen LogP contribution is -2.35. The van der Waals surface area contributed by atoms with Crippen LogP contribution in [0.15, 0.2) is 12.1 Å². The predicted octanol–water partition coefficient (Wildman–Crippen LogP) is 8.16. The van der Waals surface area contributed by atoms with Gasteiger partial charge in [-0.1, -0.05) is 41.5 Å². The molecule has 2 aromatic rings. The monoisotopic (exact) mass is 524 g/mol. The van der Waals surface area contributed by atoms with Crippen molar-refractivity contribution in [2.45, 2.75) is 130 Å². The fraction of sp³-hybridized carbons (Fsp3) is 0.667. The topological polar surface area (TPSA) is 44.2 Å². The molecule has 0 bridgehead atoms. The zero-order chi connectivity index (χ0) is 25.8. The number of aromatic nitrogens is 2. The van der Waals surface area contributed by atoms with Crippen molar-refractivity contribution in [3.05, 3.63) is 45.8 Å². The molecule has 0 unspecified atom stereocenters. The molecule has 6 heteroatoms. The molecule has 198 valence electrons. The van der Waals surface area contributed by atoms with Crippen LogP contribution in [0, 0.1) is 0 Å². The first-order chi connectivity index (χ1) is 17.5. The molecule has 0 saturated carbocycles. The van der Waals surface area contributed by atoms with Crippen LogP contribution in [0.5, 0.6) is 0 Å². The van der Waals surface area contributed by atoms with Crippen LogP contribution in [0.25, 0.3) is 11.4 Å². The Labute approximate surface area is 221 Å². The molecule has 4 nitrogen and oxygen atoms in total. The second-order valence-corrected chi connectivity index (χ2v) is 20.5. The molecule has 0 atom stereocenters. The molecule has 36 heavy (non-hydrogen) atoms. The van der Waals surface area contributed by atoms with Crippen molar-refractivity contribution in [2.24, 2.45) is 0 Å². The van der Waals surface area contributed by atoms with Gasteiger partial charge in [0.15, 0.2) is 16.6 Å². The fourth-order valence-corrected chi connectivity index (χ4v) is 11.4. The van der Waals surface area contributed by atoms with Gasteiger partial charge in [-0.05, 0) is 98.0 Å². The SMILES string of the molecule is CC[Si](CC)(CC)OCc1cc2c(nc1-c1nc3c(cc1CO[Si](CC)(CC)CC)CCC3)CCC2. The predicted molar refractivity (Wildman–Crippen MR) is 155 cm³/mol. The Morgan fingerprint density at radius 3 is 1.28 bits per heavy atom. The van der Waals surface area contributed by atoms with E-state index in [9.17, 15) is 0 Å². The number of aryl methyl sites for hydroxylation is 4. The van der Waals surface area contributed by atoms with Gasteiger partial charge >= 0.3 is 0 Å². The Kier molecular flexibility index (Phi) is 9.24. The standard InChI is InChI=1S/C30H48N2O2Si2/c1-7-35(8-2,9-3)33-21-25-19-23-15-13-17-27(23)31-29(25)30-26(20-24-16-14-18-28(24)32-30)22-34-36(10-4,11-5)12-6/h19-20H,7-18,21-22H2,1-6H3. The Hall–Kier alpha value is -1.35. The van der Waals surface area contributed by atoms with Crippen LogP contribution in [0.2, 0.25) is 36.3 Å². The summed E-state index contributed by atoms with van der Waals surface area (Å²) in [5.74, 6) is 0. The molecule has 4 rings (SSSR count). The van der Waals surface area contributed by atoms with E-state index in [1.165, 1.54) is 82.7 Å². The van der Waals surface area contributed by atoms with Crippen LogP contribution >= 0.6 is 0 Å². The summed E-state index contributed by atoms with van der Waals surface area (Å²) in [5.41, 5.74) is 9.97. The molecule has 0 saturated heterocycles. The highest BCUT2D eigenvalue weighted by molar-refractivity contribution is 6.73. The fourth-order valence-electron chi connectivity index (χ4n) is 6.24. The lowest BCUT2D eigenvalue weighted by atomic mass is 10.0. The molecule has 0 N–H and O–H groups in total. The second-order valence-electron chi connectivity index (χ2n) is 11.0. The lowest BCUT2D eigenvalue weighted by molar-refractivity contribution is 0.285. The first-order valence-corrected chi connectivity index (χ1v) is 19.8. The third kappa shape index (κ3) is 5.57.